The van der Waals surface area contributed by atoms with Crippen LogP contribution < -0.4 is 0 Å². The number of aromatic nitrogens is 2. The first-order valence-electron chi connectivity index (χ1n) is 2.75. The fourth-order valence-electron chi connectivity index (χ4n) is 0.582. The number of aryl methyl sites for hydroxylation is 1. The largest absolute Gasteiger partial charge is 0.275 e. The van der Waals surface area contributed by atoms with Crippen molar-refractivity contribution in [2.45, 2.75) is 13.1 Å². The molecule has 3 heteroatoms. The molecule has 1 radical (unpaired) electrons. The van der Waals surface area contributed by atoms with Gasteiger partial charge in [-0.05, 0) is 6.92 Å². The van der Waals surface area contributed by atoms with Crippen LogP contribution in [0.3, 0.4) is 0 Å². The highest BCUT2D eigenvalue weighted by Gasteiger charge is 2.04. The van der Waals surface area contributed by atoms with Crippen LogP contribution in [0.25, 0.3) is 0 Å². The van der Waals surface area contributed by atoms with Gasteiger partial charge in [-0.2, -0.15) is 5.10 Å². The van der Waals surface area contributed by atoms with Crippen molar-refractivity contribution in [2.75, 3.05) is 0 Å². The molecule has 0 aliphatic carbocycles. The lowest BCUT2D eigenvalue weighted by Gasteiger charge is -1.91. The van der Waals surface area contributed by atoms with Crippen LogP contribution in [-0.4, -0.2) is 9.78 Å². The number of alkyl halides is 1. The molecule has 0 spiro atoms. The predicted octanol–water partition coefficient (Wildman–Crippen LogP) is 1.25. The van der Waals surface area contributed by atoms with E-state index in [1.165, 1.54) is 11.6 Å². The van der Waals surface area contributed by atoms with E-state index in [1.807, 2.05) is 0 Å². The zero-order valence-electron chi connectivity index (χ0n) is 5.43. The van der Waals surface area contributed by atoms with E-state index in [-0.39, 0.29) is 0 Å². The first kappa shape index (κ1) is 6.26. The van der Waals surface area contributed by atoms with Crippen LogP contribution in [-0.2, 0) is 7.05 Å². The summed E-state index contributed by atoms with van der Waals surface area (Å²) in [5.74, 6) is 0. The van der Waals surface area contributed by atoms with E-state index in [0.717, 1.165) is 0 Å². The first-order valence-corrected chi connectivity index (χ1v) is 2.75. The van der Waals surface area contributed by atoms with Crippen LogP contribution in [0.1, 0.15) is 18.8 Å². The summed E-state index contributed by atoms with van der Waals surface area (Å²) in [6, 6.07) is 2.68. The molecule has 0 aromatic carbocycles. The normalized spacial score (nSPS) is 13.7. The van der Waals surface area contributed by atoms with E-state index >= 15 is 0 Å². The van der Waals surface area contributed by atoms with Crippen LogP contribution in [0.4, 0.5) is 4.39 Å². The molecule has 49 valence electrons. The molecule has 9 heavy (non-hydrogen) atoms. The number of halogens is 1. The second-order valence-corrected chi connectivity index (χ2v) is 1.95. The average molecular weight is 127 g/mol. The molecular formula is C6H8FN2. The predicted molar refractivity (Wildman–Crippen MR) is 31.6 cm³/mol. The molecule has 0 fully saturated rings. The molecule has 0 N–H and O–H groups in total. The second-order valence-electron chi connectivity index (χ2n) is 1.95. The van der Waals surface area contributed by atoms with Gasteiger partial charge in [0.25, 0.3) is 0 Å². The maximum Gasteiger partial charge on any atom is 0.142 e. The summed E-state index contributed by atoms with van der Waals surface area (Å²) in [6.45, 7) is 1.44. The maximum atomic E-state index is 12.3. The number of hydrogen-bond acceptors (Lipinski definition) is 1. The minimum Gasteiger partial charge on any atom is -0.275 e. The monoisotopic (exact) mass is 127 g/mol. The zero-order valence-corrected chi connectivity index (χ0v) is 5.43. The van der Waals surface area contributed by atoms with Crippen LogP contribution in [0.15, 0.2) is 6.20 Å². The van der Waals surface area contributed by atoms with Gasteiger partial charge < -0.3 is 0 Å². The third-order valence-electron chi connectivity index (χ3n) is 1.04. The number of rotatable bonds is 1. The molecule has 0 saturated heterocycles. The average Bonchev–Trinajstić information content (AvgIpc) is 2.14. The first-order chi connectivity index (χ1) is 4.20. The Morgan fingerprint density at radius 1 is 1.89 bits per heavy atom. The highest BCUT2D eigenvalue weighted by atomic mass is 19.1. The quantitative estimate of drug-likeness (QED) is 0.555. The Bertz CT molecular complexity index is 193. The van der Waals surface area contributed by atoms with Gasteiger partial charge in [0.1, 0.15) is 11.9 Å². The second kappa shape index (κ2) is 2.17. The molecule has 1 atom stereocenters. The van der Waals surface area contributed by atoms with Gasteiger partial charge in [-0.3, -0.25) is 4.68 Å². The third kappa shape index (κ3) is 1.28. The van der Waals surface area contributed by atoms with Gasteiger partial charge in [0.05, 0.1) is 0 Å². The molecule has 1 rings (SSSR count). The Labute approximate surface area is 53.3 Å². The lowest BCUT2D eigenvalue weighted by atomic mass is 10.3. The van der Waals surface area contributed by atoms with Crippen LogP contribution >= 0.6 is 0 Å². The molecule has 0 aliphatic rings. The van der Waals surface area contributed by atoms with E-state index in [9.17, 15) is 4.39 Å². The van der Waals surface area contributed by atoms with Crippen LogP contribution in [0.5, 0.6) is 0 Å². The lowest BCUT2D eigenvalue weighted by molar-refractivity contribution is 0.362. The summed E-state index contributed by atoms with van der Waals surface area (Å²) < 4.78 is 13.9. The van der Waals surface area contributed by atoms with E-state index in [2.05, 4.69) is 11.2 Å². The van der Waals surface area contributed by atoms with Crippen molar-refractivity contribution < 1.29 is 4.39 Å². The van der Waals surface area contributed by atoms with Crippen molar-refractivity contribution >= 4 is 0 Å². The molecule has 1 heterocycles. The molecule has 0 amide bonds. The summed E-state index contributed by atoms with van der Waals surface area (Å²) >= 11 is 0. The Kier molecular flexibility index (Phi) is 1.51. The van der Waals surface area contributed by atoms with Crippen molar-refractivity contribution in [2.24, 2.45) is 7.05 Å². The smallest absolute Gasteiger partial charge is 0.142 e. The fraction of sp³-hybridized carbons (Fsp3) is 0.500. The Morgan fingerprint density at radius 2 is 2.56 bits per heavy atom. The Balaban J connectivity index is 2.85. The number of nitrogens with zero attached hydrogens (tertiary/aromatic N) is 2. The molecule has 0 aliphatic heterocycles. The van der Waals surface area contributed by atoms with Gasteiger partial charge in [-0.15, -0.1) is 0 Å². The lowest BCUT2D eigenvalue weighted by Crippen LogP contribution is -1.91. The summed E-state index contributed by atoms with van der Waals surface area (Å²) in [5.41, 5.74) is 0.373. The molecule has 0 bridgehead atoms. The zero-order chi connectivity index (χ0) is 6.85. The molecule has 1 unspecified atom stereocenters. The van der Waals surface area contributed by atoms with Crippen molar-refractivity contribution in [1.29, 1.82) is 0 Å². The minimum atomic E-state index is -1.01. The Hall–Kier alpha value is -0.860. The third-order valence-corrected chi connectivity index (χ3v) is 1.04. The van der Waals surface area contributed by atoms with Crippen molar-refractivity contribution in [3.05, 3.63) is 18.0 Å². The van der Waals surface area contributed by atoms with Gasteiger partial charge in [0.2, 0.25) is 0 Å². The SMILES string of the molecule is CC(F)c1[c]cn(C)n1. The van der Waals surface area contributed by atoms with Crippen LogP contribution in [0.2, 0.25) is 0 Å². The summed E-state index contributed by atoms with van der Waals surface area (Å²) in [5, 5.41) is 3.80. The topological polar surface area (TPSA) is 17.8 Å². The number of hydrogen-bond donors (Lipinski definition) is 0. The van der Waals surface area contributed by atoms with E-state index in [4.69, 9.17) is 0 Å². The van der Waals surface area contributed by atoms with Gasteiger partial charge in [-0.25, -0.2) is 4.39 Å². The van der Waals surface area contributed by atoms with E-state index in [1.54, 1.807) is 13.2 Å². The van der Waals surface area contributed by atoms with Crippen molar-refractivity contribution in [1.82, 2.24) is 9.78 Å². The van der Waals surface area contributed by atoms with Gasteiger partial charge >= 0.3 is 0 Å². The minimum absolute atomic E-state index is 0.373. The summed E-state index contributed by atoms with van der Waals surface area (Å²) in [4.78, 5) is 0. The molecule has 2 nitrogen and oxygen atoms in total. The van der Waals surface area contributed by atoms with Gasteiger partial charge in [-0.1, -0.05) is 0 Å². The highest BCUT2D eigenvalue weighted by molar-refractivity contribution is 4.98. The summed E-state index contributed by atoms with van der Waals surface area (Å²) in [7, 11) is 1.74. The molecule has 0 saturated carbocycles. The van der Waals surface area contributed by atoms with Crippen LogP contribution in [0, 0.1) is 6.07 Å². The highest BCUT2D eigenvalue weighted by Crippen LogP contribution is 2.11. The fourth-order valence-corrected chi connectivity index (χ4v) is 0.582. The maximum absolute atomic E-state index is 12.3. The Morgan fingerprint density at radius 3 is 2.78 bits per heavy atom. The van der Waals surface area contributed by atoms with Gasteiger partial charge in [0, 0.05) is 19.3 Å². The molecule has 1 aromatic rings. The van der Waals surface area contributed by atoms with E-state index in [0.29, 0.717) is 5.69 Å². The van der Waals surface area contributed by atoms with Crippen molar-refractivity contribution in [3.63, 3.8) is 0 Å². The molecule has 1 aromatic heterocycles. The molecular weight excluding hydrogens is 119 g/mol. The van der Waals surface area contributed by atoms with E-state index < -0.39 is 6.17 Å². The van der Waals surface area contributed by atoms with Gasteiger partial charge in [0.15, 0.2) is 0 Å². The summed E-state index contributed by atoms with van der Waals surface area (Å²) in [6.07, 6.45) is 0.594. The van der Waals surface area contributed by atoms with Crippen molar-refractivity contribution in [3.8, 4) is 0 Å². The standard InChI is InChI=1S/C6H8FN2/c1-5(7)6-3-4-9(2)8-6/h4-5H,1-2H3.